The minimum absolute atomic E-state index is 0.0144. The number of aromatic nitrogens is 2. The SMILES string of the molecule is N#CC1CN(S(=O)(=O)N2[C@@H]3CCC[C@H]2C[C@H](Nc2nc(NC(=N)/C=C(\N)CO)cc4ncccc24)C3)C1. The number of aliphatic hydroxyl groups excluding tert-OH is 1. The molecule has 3 atom stereocenters. The summed E-state index contributed by atoms with van der Waals surface area (Å²) in [5.41, 5.74) is 6.48. The minimum atomic E-state index is -3.60. The maximum Gasteiger partial charge on any atom is 0.282 e. The number of nitrogens with two attached hydrogens (primary N) is 1. The summed E-state index contributed by atoms with van der Waals surface area (Å²) in [6.45, 7) is 0.192. The number of pyridine rings is 2. The first-order valence-electron chi connectivity index (χ1n) is 12.4. The maximum absolute atomic E-state index is 13.4. The van der Waals surface area contributed by atoms with Crippen molar-refractivity contribution in [3.8, 4) is 6.07 Å². The van der Waals surface area contributed by atoms with Gasteiger partial charge >= 0.3 is 0 Å². The van der Waals surface area contributed by atoms with E-state index in [-0.39, 0.29) is 55.3 Å². The molecule has 5 rings (SSSR count). The maximum atomic E-state index is 13.4. The lowest BCUT2D eigenvalue weighted by Crippen LogP contribution is -2.63. The molecule has 2 aromatic rings. The standard InChI is InChI=1S/C24H31N9O3S/c25-11-15-12-32(13-15)37(35,36)33-18-3-1-4-19(33)9-17(8-18)29-24-20-5-2-6-28-21(20)10-23(31-24)30-22(27)7-16(26)14-34/h2,5-7,10,15,17-19,34H,1,3-4,8-9,12-14,26H2,(H3,27,29,30,31)/b16-7-/t17-,18-,19+. The van der Waals surface area contributed by atoms with Gasteiger partial charge in [-0.05, 0) is 37.8 Å². The Balaban J connectivity index is 1.36. The Kier molecular flexibility index (Phi) is 7.00. The number of piperidine rings is 2. The molecule has 3 aliphatic heterocycles. The summed E-state index contributed by atoms with van der Waals surface area (Å²) in [5, 5.41) is 33.5. The smallest absolute Gasteiger partial charge is 0.282 e. The molecule has 12 nitrogen and oxygen atoms in total. The van der Waals surface area contributed by atoms with E-state index in [0.717, 1.165) is 24.6 Å². The van der Waals surface area contributed by atoms with Crippen LogP contribution in [-0.4, -0.2) is 75.8 Å². The van der Waals surface area contributed by atoms with Gasteiger partial charge in [-0.3, -0.25) is 10.4 Å². The second kappa shape index (κ2) is 10.2. The second-order valence-electron chi connectivity index (χ2n) is 9.87. The molecule has 196 valence electrons. The van der Waals surface area contributed by atoms with Gasteiger partial charge in [-0.15, -0.1) is 0 Å². The van der Waals surface area contributed by atoms with Crippen LogP contribution >= 0.6 is 0 Å². The number of amidine groups is 1. The molecule has 0 unspecified atom stereocenters. The summed E-state index contributed by atoms with van der Waals surface area (Å²) in [5.74, 6) is 0.780. The zero-order valence-electron chi connectivity index (χ0n) is 20.3. The molecule has 37 heavy (non-hydrogen) atoms. The van der Waals surface area contributed by atoms with Crippen LogP contribution in [-0.2, 0) is 10.2 Å². The van der Waals surface area contributed by atoms with Gasteiger partial charge in [0.2, 0.25) is 0 Å². The number of anilines is 2. The average molecular weight is 526 g/mol. The van der Waals surface area contributed by atoms with E-state index < -0.39 is 10.2 Å². The fraction of sp³-hybridized carbons (Fsp3) is 0.500. The molecule has 0 aliphatic carbocycles. The Labute approximate surface area is 215 Å². The van der Waals surface area contributed by atoms with E-state index in [4.69, 9.17) is 26.5 Å². The molecular formula is C24H31N9O3S. The van der Waals surface area contributed by atoms with Gasteiger partial charge in [0.25, 0.3) is 10.2 Å². The molecule has 3 aliphatic rings. The van der Waals surface area contributed by atoms with Gasteiger partial charge in [-0.25, -0.2) is 4.98 Å². The molecule has 2 bridgehead atoms. The second-order valence-corrected chi connectivity index (χ2v) is 11.7. The number of hydrogen-bond acceptors (Lipinski definition) is 9. The van der Waals surface area contributed by atoms with Crippen molar-refractivity contribution < 1.29 is 13.5 Å². The van der Waals surface area contributed by atoms with Crippen molar-refractivity contribution in [2.45, 2.75) is 50.2 Å². The van der Waals surface area contributed by atoms with Crippen LogP contribution in [0.25, 0.3) is 10.9 Å². The number of hydrogen-bond donors (Lipinski definition) is 5. The molecule has 13 heteroatoms. The van der Waals surface area contributed by atoms with E-state index in [1.807, 2.05) is 12.1 Å². The van der Waals surface area contributed by atoms with Crippen LogP contribution in [0, 0.1) is 22.7 Å². The average Bonchev–Trinajstić information content (AvgIpc) is 2.82. The van der Waals surface area contributed by atoms with Gasteiger partial charge in [-0.2, -0.15) is 22.3 Å². The van der Waals surface area contributed by atoms with E-state index >= 15 is 0 Å². The summed E-state index contributed by atoms with van der Waals surface area (Å²) in [6.07, 6.45) is 6.91. The van der Waals surface area contributed by atoms with E-state index in [9.17, 15) is 8.42 Å². The van der Waals surface area contributed by atoms with Crippen molar-refractivity contribution in [2.75, 3.05) is 30.3 Å². The van der Waals surface area contributed by atoms with Crippen LogP contribution in [0.2, 0.25) is 0 Å². The van der Waals surface area contributed by atoms with Crippen LogP contribution in [0.4, 0.5) is 11.6 Å². The van der Waals surface area contributed by atoms with Gasteiger partial charge in [0.05, 0.1) is 24.1 Å². The minimum Gasteiger partial charge on any atom is -0.400 e. The van der Waals surface area contributed by atoms with E-state index in [1.165, 1.54) is 10.4 Å². The van der Waals surface area contributed by atoms with E-state index in [1.54, 1.807) is 16.6 Å². The number of nitrogens with zero attached hydrogens (tertiary/aromatic N) is 5. The summed E-state index contributed by atoms with van der Waals surface area (Å²) < 4.78 is 29.9. The largest absolute Gasteiger partial charge is 0.400 e. The van der Waals surface area contributed by atoms with E-state index in [0.29, 0.717) is 30.0 Å². The molecule has 3 fully saturated rings. The summed E-state index contributed by atoms with van der Waals surface area (Å²) in [6, 6.07) is 7.44. The third-order valence-electron chi connectivity index (χ3n) is 7.25. The summed E-state index contributed by atoms with van der Waals surface area (Å²) in [4.78, 5) is 9.14. The monoisotopic (exact) mass is 525 g/mol. The molecule has 0 amide bonds. The van der Waals surface area contributed by atoms with Crippen LogP contribution in [0.3, 0.4) is 0 Å². The van der Waals surface area contributed by atoms with Gasteiger partial charge in [-0.1, -0.05) is 6.42 Å². The number of nitrogens with one attached hydrogen (secondary N) is 3. The highest BCUT2D eigenvalue weighted by Gasteiger charge is 2.49. The molecule has 2 aromatic heterocycles. The molecule has 0 saturated carbocycles. The number of fused-ring (bicyclic) bond motifs is 3. The Morgan fingerprint density at radius 1 is 1.32 bits per heavy atom. The van der Waals surface area contributed by atoms with Gasteiger partial charge in [0.15, 0.2) is 0 Å². The van der Waals surface area contributed by atoms with Gasteiger partial charge in [0, 0.05) is 60.6 Å². The van der Waals surface area contributed by atoms with Crippen LogP contribution in [0.5, 0.6) is 0 Å². The quantitative estimate of drug-likeness (QED) is 0.263. The zero-order chi connectivity index (χ0) is 26.2. The molecule has 5 heterocycles. The molecule has 0 aromatic carbocycles. The van der Waals surface area contributed by atoms with E-state index in [2.05, 4.69) is 21.7 Å². The van der Waals surface area contributed by atoms with Crippen molar-refractivity contribution in [3.05, 3.63) is 36.2 Å². The van der Waals surface area contributed by atoms with Gasteiger partial charge in [0.1, 0.15) is 17.5 Å². The predicted molar refractivity (Wildman–Crippen MR) is 140 cm³/mol. The van der Waals surface area contributed by atoms with Crippen molar-refractivity contribution in [1.82, 2.24) is 18.6 Å². The first-order chi connectivity index (χ1) is 17.8. The van der Waals surface area contributed by atoms with Crippen LogP contribution < -0.4 is 16.4 Å². The van der Waals surface area contributed by atoms with Crippen LogP contribution in [0.15, 0.2) is 36.2 Å². The fourth-order valence-electron chi connectivity index (χ4n) is 5.52. The Hall–Kier alpha value is -3.31. The third kappa shape index (κ3) is 5.10. The van der Waals surface area contributed by atoms with Crippen LogP contribution in [0.1, 0.15) is 32.1 Å². The number of nitriles is 1. The first-order valence-corrected chi connectivity index (χ1v) is 13.8. The number of rotatable bonds is 7. The summed E-state index contributed by atoms with van der Waals surface area (Å²) >= 11 is 0. The molecule has 0 spiro atoms. The molecule has 6 N–H and O–H groups in total. The highest BCUT2D eigenvalue weighted by molar-refractivity contribution is 7.86. The highest BCUT2D eigenvalue weighted by atomic mass is 32.2. The topological polar surface area (TPSA) is 184 Å². The Bertz CT molecular complexity index is 1350. The molecular weight excluding hydrogens is 494 g/mol. The Morgan fingerprint density at radius 3 is 2.73 bits per heavy atom. The van der Waals surface area contributed by atoms with Gasteiger partial charge < -0.3 is 21.5 Å². The van der Waals surface area contributed by atoms with Crippen molar-refractivity contribution in [1.29, 1.82) is 10.7 Å². The third-order valence-corrected chi connectivity index (χ3v) is 9.33. The van der Waals surface area contributed by atoms with Crippen molar-refractivity contribution in [3.63, 3.8) is 0 Å². The predicted octanol–water partition coefficient (Wildman–Crippen LogP) is 1.35. The van der Waals surface area contributed by atoms with Crippen molar-refractivity contribution >= 4 is 38.6 Å². The number of aliphatic hydroxyl groups is 1. The lowest BCUT2D eigenvalue weighted by molar-refractivity contribution is 0.0984. The lowest BCUT2D eigenvalue weighted by Gasteiger charge is -2.50. The fourth-order valence-corrected chi connectivity index (χ4v) is 7.66. The van der Waals surface area contributed by atoms with Crippen molar-refractivity contribution in [2.24, 2.45) is 11.7 Å². The Morgan fingerprint density at radius 2 is 2.05 bits per heavy atom. The zero-order valence-corrected chi connectivity index (χ0v) is 21.2. The lowest BCUT2D eigenvalue weighted by atomic mass is 9.84. The molecule has 3 saturated heterocycles. The highest BCUT2D eigenvalue weighted by Crippen LogP contribution is 2.39. The first kappa shape index (κ1) is 25.3. The summed E-state index contributed by atoms with van der Waals surface area (Å²) in [7, 11) is -3.60. The molecule has 0 radical (unpaired) electrons. The normalized spacial score (nSPS) is 25.3.